The number of aliphatic hydroxyl groups is 1. The summed E-state index contributed by atoms with van der Waals surface area (Å²) in [5, 5.41) is 22.4. The number of hydrogen-bond donors (Lipinski definition) is 2. The molecule has 0 unspecified atom stereocenters. The maximum Gasteiger partial charge on any atom is 0.227 e. The number of nitrogens with one attached hydrogen (secondary N) is 1. The lowest BCUT2D eigenvalue weighted by molar-refractivity contribution is -0.122. The molecule has 1 amide bonds. The maximum absolute atomic E-state index is 12.3. The van der Waals surface area contributed by atoms with E-state index in [1.807, 2.05) is 24.3 Å². The molecular weight excluding hydrogens is 312 g/mol. The van der Waals surface area contributed by atoms with Gasteiger partial charge in [-0.15, -0.1) is 0 Å². The van der Waals surface area contributed by atoms with E-state index in [0.717, 1.165) is 12.8 Å². The van der Waals surface area contributed by atoms with E-state index in [-0.39, 0.29) is 12.3 Å². The molecule has 0 atom stereocenters. The third kappa shape index (κ3) is 4.46. The molecule has 128 valence electrons. The van der Waals surface area contributed by atoms with Crippen molar-refractivity contribution in [1.29, 1.82) is 5.26 Å². The van der Waals surface area contributed by atoms with Gasteiger partial charge >= 0.3 is 0 Å². The van der Waals surface area contributed by atoms with Crippen LogP contribution in [0.2, 0.25) is 0 Å². The van der Waals surface area contributed by atoms with E-state index in [9.17, 15) is 9.90 Å². The normalized spacial score (nSPS) is 22.8. The Hall–Kier alpha value is -2.64. The Kier molecular flexibility index (Phi) is 5.16. The van der Waals surface area contributed by atoms with Gasteiger partial charge in [-0.2, -0.15) is 5.26 Å². The summed E-state index contributed by atoms with van der Waals surface area (Å²) in [7, 11) is 0. The summed E-state index contributed by atoms with van der Waals surface area (Å²) in [6, 6.07) is 19.1. The Balaban J connectivity index is 1.54. The number of nitriles is 1. The highest BCUT2D eigenvalue weighted by molar-refractivity contribution is 5.91. The van der Waals surface area contributed by atoms with E-state index in [4.69, 9.17) is 5.26 Å². The lowest BCUT2D eigenvalue weighted by Crippen LogP contribution is -2.37. The zero-order chi connectivity index (χ0) is 17.7. The predicted octanol–water partition coefficient (Wildman–Crippen LogP) is 3.98. The highest BCUT2D eigenvalue weighted by atomic mass is 16.3. The largest absolute Gasteiger partial charge is 0.389 e. The lowest BCUT2D eigenvalue weighted by atomic mass is 9.74. The van der Waals surface area contributed by atoms with Crippen molar-refractivity contribution < 1.29 is 9.90 Å². The minimum atomic E-state index is -0.929. The van der Waals surface area contributed by atoms with Crippen LogP contribution in [0.15, 0.2) is 54.6 Å². The average molecular weight is 334 g/mol. The first-order valence-electron chi connectivity index (χ1n) is 8.65. The molecule has 0 saturated heterocycles. The van der Waals surface area contributed by atoms with Crippen LogP contribution in [-0.4, -0.2) is 16.6 Å². The third-order valence-corrected chi connectivity index (χ3v) is 4.97. The van der Waals surface area contributed by atoms with Gasteiger partial charge in [0.05, 0.1) is 23.7 Å². The molecule has 2 aromatic carbocycles. The molecule has 1 fully saturated rings. The number of anilines is 1. The van der Waals surface area contributed by atoms with E-state index in [1.165, 1.54) is 5.56 Å². The van der Waals surface area contributed by atoms with E-state index in [0.29, 0.717) is 30.0 Å². The Morgan fingerprint density at radius 2 is 1.76 bits per heavy atom. The number of carbonyl (C=O) groups is 1. The number of nitrogens with zero attached hydrogens (tertiary/aromatic N) is 1. The Morgan fingerprint density at radius 3 is 2.36 bits per heavy atom. The van der Waals surface area contributed by atoms with Gasteiger partial charge in [0.1, 0.15) is 0 Å². The van der Waals surface area contributed by atoms with Crippen molar-refractivity contribution >= 4 is 11.6 Å². The molecule has 2 N–H and O–H groups in total. The second-order valence-corrected chi connectivity index (χ2v) is 6.82. The van der Waals surface area contributed by atoms with Crippen molar-refractivity contribution in [1.82, 2.24) is 0 Å². The minimum absolute atomic E-state index is 0.106. The molecule has 0 radical (unpaired) electrons. The van der Waals surface area contributed by atoms with Crippen molar-refractivity contribution in [3.8, 4) is 6.07 Å². The quantitative estimate of drug-likeness (QED) is 0.888. The first kappa shape index (κ1) is 17.2. The first-order chi connectivity index (χ1) is 12.1. The van der Waals surface area contributed by atoms with Crippen LogP contribution in [0.5, 0.6) is 0 Å². The second kappa shape index (κ2) is 7.50. The number of rotatable bonds is 4. The van der Waals surface area contributed by atoms with Crippen LogP contribution in [0.1, 0.15) is 49.1 Å². The molecular formula is C21H22N2O2. The highest BCUT2D eigenvalue weighted by Crippen LogP contribution is 2.39. The highest BCUT2D eigenvalue weighted by Gasteiger charge is 2.35. The van der Waals surface area contributed by atoms with Gasteiger partial charge in [0, 0.05) is 5.69 Å². The van der Waals surface area contributed by atoms with Gasteiger partial charge in [0.2, 0.25) is 5.91 Å². The average Bonchev–Trinajstić information content (AvgIpc) is 2.63. The van der Waals surface area contributed by atoms with E-state index >= 15 is 0 Å². The van der Waals surface area contributed by atoms with Crippen molar-refractivity contribution in [2.24, 2.45) is 0 Å². The van der Waals surface area contributed by atoms with Crippen molar-refractivity contribution in [2.45, 2.75) is 43.6 Å². The summed E-state index contributed by atoms with van der Waals surface area (Å²) in [6.07, 6.45) is 3.16. The van der Waals surface area contributed by atoms with Crippen LogP contribution in [0.4, 0.5) is 5.69 Å². The second-order valence-electron chi connectivity index (χ2n) is 6.82. The van der Waals surface area contributed by atoms with Crippen molar-refractivity contribution in [2.75, 3.05) is 5.32 Å². The monoisotopic (exact) mass is 334 g/mol. The zero-order valence-corrected chi connectivity index (χ0v) is 14.1. The molecule has 4 nitrogen and oxygen atoms in total. The number of amides is 1. The Bertz CT molecular complexity index is 755. The molecule has 0 aromatic heterocycles. The molecule has 0 spiro atoms. The van der Waals surface area contributed by atoms with Crippen LogP contribution >= 0.6 is 0 Å². The molecule has 0 aliphatic heterocycles. The van der Waals surface area contributed by atoms with E-state index in [1.54, 1.807) is 24.3 Å². The van der Waals surface area contributed by atoms with Crippen molar-refractivity contribution in [3.63, 3.8) is 0 Å². The van der Waals surface area contributed by atoms with Gasteiger partial charge in [-0.1, -0.05) is 30.3 Å². The summed E-state index contributed by atoms with van der Waals surface area (Å²) in [5.41, 5.74) is 1.58. The first-order valence-corrected chi connectivity index (χ1v) is 8.65. The number of hydrogen-bond acceptors (Lipinski definition) is 3. The van der Waals surface area contributed by atoms with Crippen LogP contribution in [0.3, 0.4) is 0 Å². The van der Waals surface area contributed by atoms with Gasteiger partial charge in [-0.05, 0) is 61.4 Å². The third-order valence-electron chi connectivity index (χ3n) is 4.97. The van der Waals surface area contributed by atoms with Crippen LogP contribution < -0.4 is 5.32 Å². The Labute approximate surface area is 148 Å². The Morgan fingerprint density at radius 1 is 1.12 bits per heavy atom. The van der Waals surface area contributed by atoms with E-state index < -0.39 is 5.60 Å². The summed E-state index contributed by atoms with van der Waals surface area (Å²) in [6.45, 7) is 0. The number of carbonyl (C=O) groups excluding carboxylic acids is 1. The molecule has 25 heavy (non-hydrogen) atoms. The standard InChI is InChI=1S/C21H22N2O2/c22-15-16-6-8-19(9-7-16)23-20(24)14-21(25)12-10-18(11-13-21)17-4-2-1-3-5-17/h1-9,18,25H,10-14H2,(H,23,24). The fourth-order valence-corrected chi connectivity index (χ4v) is 3.52. The molecule has 4 heteroatoms. The van der Waals surface area contributed by atoms with Gasteiger partial charge in [0.15, 0.2) is 0 Å². The fraction of sp³-hybridized carbons (Fsp3) is 0.333. The topological polar surface area (TPSA) is 73.1 Å². The van der Waals surface area contributed by atoms with Gasteiger partial charge in [0.25, 0.3) is 0 Å². The van der Waals surface area contributed by atoms with Gasteiger partial charge < -0.3 is 10.4 Å². The summed E-state index contributed by atoms with van der Waals surface area (Å²) < 4.78 is 0. The predicted molar refractivity (Wildman–Crippen MR) is 97.0 cm³/mol. The molecule has 1 aliphatic rings. The van der Waals surface area contributed by atoms with Gasteiger partial charge in [-0.25, -0.2) is 0 Å². The van der Waals surface area contributed by atoms with Gasteiger partial charge in [-0.3, -0.25) is 4.79 Å². The molecule has 1 aliphatic carbocycles. The number of benzene rings is 2. The summed E-state index contributed by atoms with van der Waals surface area (Å²) >= 11 is 0. The molecule has 1 saturated carbocycles. The summed E-state index contributed by atoms with van der Waals surface area (Å²) in [4.78, 5) is 12.3. The minimum Gasteiger partial charge on any atom is -0.389 e. The SMILES string of the molecule is N#Cc1ccc(NC(=O)CC2(O)CCC(c3ccccc3)CC2)cc1. The van der Waals surface area contributed by atoms with Crippen molar-refractivity contribution in [3.05, 3.63) is 65.7 Å². The maximum atomic E-state index is 12.3. The molecule has 0 heterocycles. The lowest BCUT2D eigenvalue weighted by Gasteiger charge is -2.35. The van der Waals surface area contributed by atoms with E-state index in [2.05, 4.69) is 17.4 Å². The molecule has 0 bridgehead atoms. The van der Waals surface area contributed by atoms with Crippen LogP contribution in [0.25, 0.3) is 0 Å². The smallest absolute Gasteiger partial charge is 0.227 e. The molecule has 3 rings (SSSR count). The zero-order valence-electron chi connectivity index (χ0n) is 14.1. The van der Waals surface area contributed by atoms with Crippen LogP contribution in [-0.2, 0) is 4.79 Å². The molecule has 2 aromatic rings. The van der Waals surface area contributed by atoms with Crippen LogP contribution in [0, 0.1) is 11.3 Å². The summed E-state index contributed by atoms with van der Waals surface area (Å²) in [5.74, 6) is 0.272. The fourth-order valence-electron chi connectivity index (χ4n) is 3.52.